The molecule has 0 aliphatic heterocycles. The van der Waals surface area contributed by atoms with Gasteiger partial charge in [0.25, 0.3) is 0 Å². The topological polar surface area (TPSA) is 58.6 Å². The van der Waals surface area contributed by atoms with Gasteiger partial charge in [-0.05, 0) is 49.8 Å². The summed E-state index contributed by atoms with van der Waals surface area (Å²) in [4.78, 5) is 12.1. The molecule has 4 nitrogen and oxygen atoms in total. The lowest BCUT2D eigenvalue weighted by Crippen LogP contribution is -2.53. The predicted molar refractivity (Wildman–Crippen MR) is 142 cm³/mol. The number of methoxy groups -OCH3 is 1. The lowest BCUT2D eigenvalue weighted by atomic mass is 9.76. The van der Waals surface area contributed by atoms with Crippen LogP contribution in [0.2, 0.25) is 0 Å². The zero-order valence-corrected chi connectivity index (χ0v) is 21.0. The van der Waals surface area contributed by atoms with Crippen molar-refractivity contribution in [1.29, 1.82) is 0 Å². The first-order valence-corrected chi connectivity index (χ1v) is 12.3. The first-order chi connectivity index (χ1) is 17.0. The number of esters is 1. The van der Waals surface area contributed by atoms with Gasteiger partial charge in [0.2, 0.25) is 0 Å². The van der Waals surface area contributed by atoms with E-state index in [0.29, 0.717) is 12.8 Å². The number of aliphatic hydroxyl groups is 1. The Hall–Kier alpha value is -3.21. The average molecular weight is 472 g/mol. The van der Waals surface area contributed by atoms with E-state index in [1.54, 1.807) is 0 Å². The third kappa shape index (κ3) is 6.91. The van der Waals surface area contributed by atoms with Gasteiger partial charge in [0.15, 0.2) is 0 Å². The van der Waals surface area contributed by atoms with Crippen LogP contribution in [0, 0.1) is 0 Å². The minimum absolute atomic E-state index is 0.225. The van der Waals surface area contributed by atoms with E-state index in [2.05, 4.69) is 61.6 Å². The Labute approximate surface area is 209 Å². The van der Waals surface area contributed by atoms with Gasteiger partial charge in [-0.2, -0.15) is 0 Å². The quantitative estimate of drug-likeness (QED) is 0.193. The maximum atomic E-state index is 12.1. The van der Waals surface area contributed by atoms with Crippen LogP contribution in [0.5, 0.6) is 0 Å². The van der Waals surface area contributed by atoms with Gasteiger partial charge in [0.05, 0.1) is 18.8 Å². The number of rotatable bonds is 12. The average Bonchev–Trinajstić information content (AvgIpc) is 2.90. The molecule has 3 aromatic rings. The molecule has 3 aromatic carbocycles. The zero-order chi connectivity index (χ0) is 25.1. The number of hydrogen-bond acceptors (Lipinski definition) is 4. The number of benzene rings is 3. The lowest BCUT2D eigenvalue weighted by Gasteiger charge is -2.41. The van der Waals surface area contributed by atoms with Crippen LogP contribution in [0.3, 0.4) is 0 Å². The highest BCUT2D eigenvalue weighted by Gasteiger charge is 2.39. The fourth-order valence-electron chi connectivity index (χ4n) is 4.57. The number of carbonyl (C=O) groups excluding carboxylic acids is 1. The smallest absolute Gasteiger partial charge is 0.305 e. The molecule has 2 N–H and O–H groups in total. The Morgan fingerprint density at radius 3 is 1.71 bits per heavy atom. The molecule has 0 saturated heterocycles. The molecule has 0 spiro atoms. The van der Waals surface area contributed by atoms with Crippen molar-refractivity contribution in [2.45, 2.75) is 57.2 Å². The van der Waals surface area contributed by atoms with Crippen LogP contribution < -0.4 is 5.32 Å². The highest BCUT2D eigenvalue weighted by atomic mass is 16.5. The maximum absolute atomic E-state index is 12.1. The Morgan fingerprint density at radius 1 is 0.857 bits per heavy atom. The van der Waals surface area contributed by atoms with Gasteiger partial charge in [-0.1, -0.05) is 103 Å². The fraction of sp³-hybridized carbons (Fsp3) is 0.323. The molecule has 0 heterocycles. The van der Waals surface area contributed by atoms with Crippen molar-refractivity contribution in [2.75, 3.05) is 7.11 Å². The van der Waals surface area contributed by atoms with Crippen LogP contribution in [0.25, 0.3) is 0 Å². The molecule has 2 atom stereocenters. The molecule has 0 saturated carbocycles. The predicted octanol–water partition coefficient (Wildman–Crippen LogP) is 6.00. The van der Waals surface area contributed by atoms with Crippen LogP contribution in [0.1, 0.15) is 56.2 Å². The van der Waals surface area contributed by atoms with Gasteiger partial charge in [0, 0.05) is 12.5 Å². The summed E-state index contributed by atoms with van der Waals surface area (Å²) < 4.78 is 4.92. The monoisotopic (exact) mass is 471 g/mol. The van der Waals surface area contributed by atoms with Crippen LogP contribution in [-0.4, -0.2) is 30.3 Å². The normalized spacial score (nSPS) is 13.0. The number of aliphatic hydroxyl groups excluding tert-OH is 1. The number of hydrogen-bond donors (Lipinski definition) is 2. The van der Waals surface area contributed by atoms with Gasteiger partial charge >= 0.3 is 5.97 Å². The Morgan fingerprint density at radius 2 is 1.31 bits per heavy atom. The molecule has 184 valence electrons. The van der Waals surface area contributed by atoms with Crippen molar-refractivity contribution in [2.24, 2.45) is 0 Å². The van der Waals surface area contributed by atoms with Gasteiger partial charge in [-0.3, -0.25) is 10.1 Å². The molecule has 3 rings (SSSR count). The van der Waals surface area contributed by atoms with Crippen LogP contribution in [-0.2, 0) is 15.1 Å². The molecule has 0 aliphatic carbocycles. The summed E-state index contributed by atoms with van der Waals surface area (Å²) in [6.07, 6.45) is 3.54. The van der Waals surface area contributed by atoms with Crippen LogP contribution in [0.15, 0.2) is 103 Å². The molecule has 0 amide bonds. The molecular formula is C31H37NO3. The van der Waals surface area contributed by atoms with E-state index in [1.807, 2.05) is 54.6 Å². The number of ether oxygens (including phenoxy) is 1. The summed E-state index contributed by atoms with van der Waals surface area (Å²) in [5.41, 5.74) is 3.71. The third-order valence-electron chi connectivity index (χ3n) is 6.39. The summed E-state index contributed by atoms with van der Waals surface area (Å²) >= 11 is 0. The Kier molecular flexibility index (Phi) is 9.83. The summed E-state index contributed by atoms with van der Waals surface area (Å²) in [7, 11) is 1.40. The summed E-state index contributed by atoms with van der Waals surface area (Å²) in [5, 5.41) is 15.2. The molecular weight excluding hydrogens is 434 g/mol. The molecule has 0 aromatic heterocycles. The molecule has 0 bridgehead atoms. The van der Waals surface area contributed by atoms with Crippen LogP contribution >= 0.6 is 0 Å². The van der Waals surface area contributed by atoms with Crippen molar-refractivity contribution in [3.63, 3.8) is 0 Å². The van der Waals surface area contributed by atoms with Crippen molar-refractivity contribution in [1.82, 2.24) is 5.32 Å². The first kappa shape index (κ1) is 26.4. The summed E-state index contributed by atoms with van der Waals surface area (Å²) in [6.45, 7) is 4.12. The molecule has 4 heteroatoms. The van der Waals surface area contributed by atoms with Crippen molar-refractivity contribution >= 4 is 5.97 Å². The van der Waals surface area contributed by atoms with E-state index in [0.717, 1.165) is 23.1 Å². The second-order valence-corrected chi connectivity index (χ2v) is 9.14. The SMILES string of the molecule is COC(=O)CC[C@H](NC(c1ccccc1)(c1ccccc1)c1ccccc1)[C@@H](O)CCC=C(C)C. The van der Waals surface area contributed by atoms with Crippen molar-refractivity contribution in [3.05, 3.63) is 119 Å². The number of allylic oxidation sites excluding steroid dienone is 2. The zero-order valence-electron chi connectivity index (χ0n) is 21.0. The van der Waals surface area contributed by atoms with E-state index in [1.165, 1.54) is 12.7 Å². The molecule has 0 aliphatic rings. The second-order valence-electron chi connectivity index (χ2n) is 9.14. The maximum Gasteiger partial charge on any atom is 0.305 e. The fourth-order valence-corrected chi connectivity index (χ4v) is 4.57. The Balaban J connectivity index is 2.12. The van der Waals surface area contributed by atoms with Gasteiger partial charge in [0.1, 0.15) is 0 Å². The molecule has 0 radical (unpaired) electrons. The van der Waals surface area contributed by atoms with E-state index < -0.39 is 11.6 Å². The van der Waals surface area contributed by atoms with Gasteiger partial charge in [-0.15, -0.1) is 0 Å². The summed E-state index contributed by atoms with van der Waals surface area (Å²) in [6, 6.07) is 30.5. The highest BCUT2D eigenvalue weighted by Crippen LogP contribution is 2.38. The van der Waals surface area contributed by atoms with Crippen LogP contribution in [0.4, 0.5) is 0 Å². The molecule has 35 heavy (non-hydrogen) atoms. The first-order valence-electron chi connectivity index (χ1n) is 12.3. The van der Waals surface area contributed by atoms with E-state index in [-0.39, 0.29) is 18.4 Å². The van der Waals surface area contributed by atoms with E-state index >= 15 is 0 Å². The third-order valence-corrected chi connectivity index (χ3v) is 6.39. The molecule has 0 unspecified atom stereocenters. The Bertz CT molecular complexity index is 963. The standard InChI is InChI=1S/C31H37NO3/c1-24(2)14-13-21-29(33)28(22-23-30(34)35-3)32-31(25-15-7-4-8-16-25,26-17-9-5-10-18-26)27-19-11-6-12-20-27/h4-12,14-20,28-29,32-33H,13,21-23H2,1-3H3/t28-,29-/m0/s1. The van der Waals surface area contributed by atoms with Crippen molar-refractivity contribution in [3.8, 4) is 0 Å². The second kappa shape index (κ2) is 13.0. The minimum atomic E-state index is -0.720. The van der Waals surface area contributed by atoms with Crippen molar-refractivity contribution < 1.29 is 14.6 Å². The van der Waals surface area contributed by atoms with Gasteiger partial charge in [-0.25, -0.2) is 0 Å². The number of nitrogens with one attached hydrogen (secondary N) is 1. The van der Waals surface area contributed by atoms with E-state index in [4.69, 9.17) is 4.74 Å². The minimum Gasteiger partial charge on any atom is -0.469 e. The number of carbonyl (C=O) groups is 1. The lowest BCUT2D eigenvalue weighted by molar-refractivity contribution is -0.141. The molecule has 0 fully saturated rings. The summed E-state index contributed by atoms with van der Waals surface area (Å²) in [5.74, 6) is -0.280. The highest BCUT2D eigenvalue weighted by molar-refractivity contribution is 5.69. The largest absolute Gasteiger partial charge is 0.469 e. The van der Waals surface area contributed by atoms with E-state index in [9.17, 15) is 9.90 Å². The van der Waals surface area contributed by atoms with Gasteiger partial charge < -0.3 is 9.84 Å².